The van der Waals surface area contributed by atoms with Crippen molar-refractivity contribution in [1.82, 2.24) is 0 Å². The lowest BCUT2D eigenvalue weighted by atomic mass is 10.4. The fourth-order valence-corrected chi connectivity index (χ4v) is 1.19. The monoisotopic (exact) mass is 165 g/mol. The predicted molar refractivity (Wildman–Crippen MR) is 36.6 cm³/mol. The van der Waals surface area contributed by atoms with E-state index in [4.69, 9.17) is 28.7 Å². The molecular weight excluding hydrogens is 161 g/mol. The highest BCUT2D eigenvalue weighted by Gasteiger charge is 2.62. The summed E-state index contributed by atoms with van der Waals surface area (Å²) in [6.07, 6.45) is 0.549. The summed E-state index contributed by atoms with van der Waals surface area (Å²) in [7, 11) is 0. The summed E-state index contributed by atoms with van der Waals surface area (Å²) in [5.41, 5.74) is 7.45. The molecule has 0 aromatic heterocycles. The van der Waals surface area contributed by atoms with Gasteiger partial charge in [-0.25, -0.2) is 0 Å². The van der Waals surface area contributed by atoms with Crippen LogP contribution in [0.25, 0.3) is 10.4 Å². The summed E-state index contributed by atoms with van der Waals surface area (Å²) in [6.45, 7) is 1.73. The average Bonchev–Trinajstić information content (AvgIpc) is 2.07. The molecule has 0 aromatic rings. The van der Waals surface area contributed by atoms with Gasteiger partial charge in [-0.2, -0.15) is 0 Å². The molecule has 1 aliphatic rings. The molecule has 0 aromatic carbocycles. The summed E-state index contributed by atoms with van der Waals surface area (Å²) in [5.74, 6) is 0. The maximum Gasteiger partial charge on any atom is 0.130 e. The van der Waals surface area contributed by atoms with Gasteiger partial charge in [-0.1, -0.05) is 12.0 Å². The Kier molecular flexibility index (Phi) is 1.31. The van der Waals surface area contributed by atoms with E-state index in [1.54, 1.807) is 6.92 Å². The number of rotatable bonds is 1. The molecule has 3 nitrogen and oxygen atoms in total. The van der Waals surface area contributed by atoms with Gasteiger partial charge in [-0.3, -0.25) is 0 Å². The molecule has 0 saturated heterocycles. The van der Waals surface area contributed by atoms with Crippen LogP contribution in [-0.4, -0.2) is 9.87 Å². The van der Waals surface area contributed by atoms with Crippen LogP contribution in [0, 0.1) is 0 Å². The predicted octanol–water partition coefficient (Wildman–Crippen LogP) is 2.63. The van der Waals surface area contributed by atoms with Crippen molar-refractivity contribution in [3.8, 4) is 0 Å². The largest absolute Gasteiger partial charge is 0.130 e. The molecule has 0 amide bonds. The zero-order valence-electron chi connectivity index (χ0n) is 4.80. The highest BCUT2D eigenvalue weighted by molar-refractivity contribution is 6.52. The van der Waals surface area contributed by atoms with E-state index in [0.29, 0.717) is 6.42 Å². The summed E-state index contributed by atoms with van der Waals surface area (Å²) in [5, 5.41) is 3.44. The van der Waals surface area contributed by atoms with Gasteiger partial charge in [0.1, 0.15) is 4.33 Å². The molecule has 50 valence electrons. The standard InChI is InChI=1S/C4H5Cl2N3/c1-3(8-9-7)2-4(3,5)6/h2H2,1H3. The van der Waals surface area contributed by atoms with Crippen LogP contribution in [-0.2, 0) is 0 Å². The molecule has 0 heterocycles. The second kappa shape index (κ2) is 1.69. The Morgan fingerprint density at radius 2 is 2.11 bits per heavy atom. The average molecular weight is 166 g/mol. The van der Waals surface area contributed by atoms with Crippen molar-refractivity contribution < 1.29 is 0 Å². The zero-order chi connectivity index (χ0) is 7.12. The molecule has 1 unspecified atom stereocenters. The summed E-state index contributed by atoms with van der Waals surface area (Å²) < 4.78 is -0.820. The van der Waals surface area contributed by atoms with Crippen molar-refractivity contribution in [3.63, 3.8) is 0 Å². The van der Waals surface area contributed by atoms with Gasteiger partial charge in [-0.15, -0.1) is 23.2 Å². The lowest BCUT2D eigenvalue weighted by Gasteiger charge is -1.99. The van der Waals surface area contributed by atoms with Crippen LogP contribution in [0.1, 0.15) is 13.3 Å². The van der Waals surface area contributed by atoms with E-state index >= 15 is 0 Å². The Balaban J connectivity index is 2.73. The summed E-state index contributed by atoms with van der Waals surface area (Å²) in [6, 6.07) is 0. The fourth-order valence-electron chi connectivity index (χ4n) is 0.595. The molecule has 0 N–H and O–H groups in total. The van der Waals surface area contributed by atoms with Crippen LogP contribution >= 0.6 is 23.2 Å². The van der Waals surface area contributed by atoms with Crippen LogP contribution in [0.4, 0.5) is 0 Å². The highest BCUT2D eigenvalue weighted by atomic mass is 35.5. The van der Waals surface area contributed by atoms with Crippen LogP contribution in [0.5, 0.6) is 0 Å². The maximum atomic E-state index is 8.02. The minimum Gasteiger partial charge on any atom is -0.101 e. The van der Waals surface area contributed by atoms with Gasteiger partial charge in [0, 0.05) is 4.91 Å². The van der Waals surface area contributed by atoms with E-state index in [1.807, 2.05) is 0 Å². The first-order valence-corrected chi connectivity index (χ1v) is 3.21. The molecule has 0 spiro atoms. The van der Waals surface area contributed by atoms with E-state index in [0.717, 1.165) is 0 Å². The van der Waals surface area contributed by atoms with E-state index < -0.39 is 9.87 Å². The number of halogens is 2. The number of azide groups is 1. The normalized spacial score (nSPS) is 37.2. The Morgan fingerprint density at radius 3 is 2.22 bits per heavy atom. The van der Waals surface area contributed by atoms with E-state index in [9.17, 15) is 0 Å². The Hall–Kier alpha value is -0.110. The van der Waals surface area contributed by atoms with Gasteiger partial charge in [0.2, 0.25) is 0 Å². The van der Waals surface area contributed by atoms with Gasteiger partial charge in [0.15, 0.2) is 0 Å². The molecule has 1 saturated carbocycles. The first-order chi connectivity index (χ1) is 4.02. The quantitative estimate of drug-likeness (QED) is 0.249. The van der Waals surface area contributed by atoms with Crippen molar-refractivity contribution in [2.45, 2.75) is 23.2 Å². The smallest absolute Gasteiger partial charge is 0.101 e. The van der Waals surface area contributed by atoms with Crippen molar-refractivity contribution in [3.05, 3.63) is 10.4 Å². The molecule has 1 rings (SSSR count). The van der Waals surface area contributed by atoms with Gasteiger partial charge >= 0.3 is 0 Å². The minimum atomic E-state index is -0.820. The molecule has 0 radical (unpaired) electrons. The van der Waals surface area contributed by atoms with Crippen molar-refractivity contribution >= 4 is 23.2 Å². The number of hydrogen-bond acceptors (Lipinski definition) is 1. The molecule has 5 heteroatoms. The van der Waals surface area contributed by atoms with Crippen molar-refractivity contribution in [1.29, 1.82) is 0 Å². The van der Waals surface area contributed by atoms with Crippen LogP contribution in [0.2, 0.25) is 0 Å². The number of nitrogens with zero attached hydrogens (tertiary/aromatic N) is 3. The van der Waals surface area contributed by atoms with E-state index in [-0.39, 0.29) is 0 Å². The van der Waals surface area contributed by atoms with Crippen LogP contribution in [0.3, 0.4) is 0 Å². The Bertz CT molecular complexity index is 184. The van der Waals surface area contributed by atoms with Gasteiger partial charge < -0.3 is 0 Å². The summed E-state index contributed by atoms with van der Waals surface area (Å²) in [4.78, 5) is 2.62. The fraction of sp³-hybridized carbons (Fsp3) is 1.00. The second-order valence-corrected chi connectivity index (χ2v) is 3.83. The zero-order valence-corrected chi connectivity index (χ0v) is 6.32. The lowest BCUT2D eigenvalue weighted by molar-refractivity contribution is 0.741. The van der Waals surface area contributed by atoms with E-state index in [2.05, 4.69) is 10.0 Å². The summed E-state index contributed by atoms with van der Waals surface area (Å²) >= 11 is 11.3. The first kappa shape index (κ1) is 7.00. The highest BCUT2D eigenvalue weighted by Crippen LogP contribution is 2.59. The van der Waals surface area contributed by atoms with Gasteiger partial charge in [0.25, 0.3) is 0 Å². The molecular formula is C4H5Cl2N3. The van der Waals surface area contributed by atoms with Crippen molar-refractivity contribution in [2.75, 3.05) is 0 Å². The molecule has 9 heavy (non-hydrogen) atoms. The minimum absolute atomic E-state index is 0.549. The Morgan fingerprint density at radius 1 is 1.67 bits per heavy atom. The molecule has 0 aliphatic heterocycles. The third kappa shape index (κ3) is 0.960. The van der Waals surface area contributed by atoms with E-state index in [1.165, 1.54) is 0 Å². The van der Waals surface area contributed by atoms with Crippen LogP contribution < -0.4 is 0 Å². The lowest BCUT2D eigenvalue weighted by Crippen LogP contribution is -2.06. The molecule has 1 aliphatic carbocycles. The Labute approximate surface area is 62.6 Å². The maximum absolute atomic E-state index is 8.02. The number of alkyl halides is 2. The number of hydrogen-bond donors (Lipinski definition) is 0. The molecule has 1 atom stereocenters. The first-order valence-electron chi connectivity index (χ1n) is 2.46. The SMILES string of the molecule is CC1(N=[N+]=[N-])CC1(Cl)Cl. The third-order valence-corrected chi connectivity index (χ3v) is 2.58. The molecule has 1 fully saturated rings. The van der Waals surface area contributed by atoms with Gasteiger partial charge in [-0.05, 0) is 12.0 Å². The van der Waals surface area contributed by atoms with Crippen molar-refractivity contribution in [2.24, 2.45) is 5.11 Å². The topological polar surface area (TPSA) is 48.8 Å². The van der Waals surface area contributed by atoms with Crippen LogP contribution in [0.15, 0.2) is 5.11 Å². The second-order valence-electron chi connectivity index (χ2n) is 2.34. The third-order valence-electron chi connectivity index (χ3n) is 1.49. The molecule has 0 bridgehead atoms. The van der Waals surface area contributed by atoms with Gasteiger partial charge in [0.05, 0.1) is 5.54 Å².